The van der Waals surface area contributed by atoms with Gasteiger partial charge in [0.1, 0.15) is 0 Å². The standard InChI is InChI=1S/C14H14Br2OS/c1-2-10(9-6-4-3-5-7-9)13(17)12-8-11(15)14(16)18-12/h3-8,10,13,17H,2H2,1H3. The van der Waals surface area contributed by atoms with E-state index in [4.69, 9.17) is 0 Å². The van der Waals surface area contributed by atoms with E-state index in [2.05, 4.69) is 50.9 Å². The summed E-state index contributed by atoms with van der Waals surface area (Å²) in [6.45, 7) is 2.11. The minimum absolute atomic E-state index is 0.142. The van der Waals surface area contributed by atoms with Crippen LogP contribution in [0.15, 0.2) is 44.7 Å². The molecule has 2 rings (SSSR count). The van der Waals surface area contributed by atoms with Gasteiger partial charge in [-0.15, -0.1) is 11.3 Å². The van der Waals surface area contributed by atoms with E-state index in [-0.39, 0.29) is 5.92 Å². The van der Waals surface area contributed by atoms with Gasteiger partial charge in [0.25, 0.3) is 0 Å². The van der Waals surface area contributed by atoms with Crippen LogP contribution in [0.5, 0.6) is 0 Å². The smallest absolute Gasteiger partial charge is 0.0950 e. The summed E-state index contributed by atoms with van der Waals surface area (Å²) in [5.41, 5.74) is 1.19. The van der Waals surface area contributed by atoms with Crippen LogP contribution in [0.25, 0.3) is 0 Å². The second kappa shape index (κ2) is 6.33. The highest BCUT2D eigenvalue weighted by molar-refractivity contribution is 9.13. The highest BCUT2D eigenvalue weighted by Gasteiger charge is 2.23. The molecule has 1 N–H and O–H groups in total. The van der Waals surface area contributed by atoms with Crippen molar-refractivity contribution in [2.24, 2.45) is 0 Å². The quantitative estimate of drug-likeness (QED) is 0.731. The normalized spacial score (nSPS) is 14.4. The fourth-order valence-electron chi connectivity index (χ4n) is 2.05. The van der Waals surface area contributed by atoms with Gasteiger partial charge < -0.3 is 5.11 Å². The number of halogens is 2. The molecule has 1 aromatic heterocycles. The van der Waals surface area contributed by atoms with Crippen molar-refractivity contribution in [2.75, 3.05) is 0 Å². The molecular formula is C14H14Br2OS. The van der Waals surface area contributed by atoms with Gasteiger partial charge in [0, 0.05) is 15.3 Å². The maximum Gasteiger partial charge on any atom is 0.0950 e. The molecule has 0 bridgehead atoms. The molecule has 0 saturated heterocycles. The van der Waals surface area contributed by atoms with Crippen molar-refractivity contribution in [3.63, 3.8) is 0 Å². The first kappa shape index (κ1) is 14.3. The van der Waals surface area contributed by atoms with Crippen LogP contribution >= 0.6 is 43.2 Å². The molecule has 4 heteroatoms. The fraction of sp³-hybridized carbons (Fsp3) is 0.286. The maximum atomic E-state index is 10.5. The minimum atomic E-state index is -0.454. The van der Waals surface area contributed by atoms with Crippen LogP contribution in [0.4, 0.5) is 0 Å². The second-order valence-corrected chi connectivity index (χ2v) is 7.40. The first-order chi connectivity index (χ1) is 8.63. The summed E-state index contributed by atoms with van der Waals surface area (Å²) in [5.74, 6) is 0.142. The van der Waals surface area contributed by atoms with E-state index in [1.54, 1.807) is 11.3 Å². The molecule has 96 valence electrons. The van der Waals surface area contributed by atoms with Gasteiger partial charge >= 0.3 is 0 Å². The lowest BCUT2D eigenvalue weighted by Gasteiger charge is -2.21. The predicted octanol–water partition coefficient (Wildman–Crippen LogP) is 5.50. The van der Waals surface area contributed by atoms with Gasteiger partial charge in [-0.3, -0.25) is 0 Å². The number of aliphatic hydroxyl groups is 1. The maximum absolute atomic E-state index is 10.5. The van der Waals surface area contributed by atoms with E-state index in [1.807, 2.05) is 24.3 Å². The summed E-state index contributed by atoms with van der Waals surface area (Å²) in [6.07, 6.45) is 0.461. The zero-order chi connectivity index (χ0) is 13.1. The number of hydrogen-bond donors (Lipinski definition) is 1. The van der Waals surface area contributed by atoms with Crippen LogP contribution in [0.1, 0.15) is 35.8 Å². The van der Waals surface area contributed by atoms with Gasteiger partial charge in [0.2, 0.25) is 0 Å². The van der Waals surface area contributed by atoms with Crippen LogP contribution in [0, 0.1) is 0 Å². The summed E-state index contributed by atoms with van der Waals surface area (Å²) in [7, 11) is 0. The molecule has 0 spiro atoms. The van der Waals surface area contributed by atoms with Gasteiger partial charge in [-0.05, 0) is 49.9 Å². The molecule has 0 aliphatic heterocycles. The summed E-state index contributed by atoms with van der Waals surface area (Å²) < 4.78 is 2.03. The molecule has 18 heavy (non-hydrogen) atoms. The lowest BCUT2D eigenvalue weighted by atomic mass is 9.90. The zero-order valence-electron chi connectivity index (χ0n) is 9.94. The predicted molar refractivity (Wildman–Crippen MR) is 84.2 cm³/mol. The zero-order valence-corrected chi connectivity index (χ0v) is 13.9. The Kier molecular flexibility index (Phi) is 5.01. The number of aliphatic hydroxyl groups excluding tert-OH is 1. The topological polar surface area (TPSA) is 20.2 Å². The summed E-state index contributed by atoms with van der Waals surface area (Å²) >= 11 is 8.52. The molecule has 1 nitrogen and oxygen atoms in total. The first-order valence-electron chi connectivity index (χ1n) is 5.81. The molecule has 0 saturated carbocycles. The van der Waals surface area contributed by atoms with Gasteiger partial charge in [0.05, 0.1) is 9.89 Å². The third-order valence-electron chi connectivity index (χ3n) is 3.00. The van der Waals surface area contributed by atoms with Crippen LogP contribution in [0.2, 0.25) is 0 Å². The number of thiophene rings is 1. The van der Waals surface area contributed by atoms with E-state index in [9.17, 15) is 5.11 Å². The summed E-state index contributed by atoms with van der Waals surface area (Å²) in [6, 6.07) is 12.2. The molecule has 1 aromatic carbocycles. The minimum Gasteiger partial charge on any atom is -0.387 e. The van der Waals surface area contributed by atoms with Crippen LogP contribution in [0.3, 0.4) is 0 Å². The Morgan fingerprint density at radius 2 is 1.89 bits per heavy atom. The molecule has 2 atom stereocenters. The van der Waals surface area contributed by atoms with Crippen molar-refractivity contribution in [1.29, 1.82) is 0 Å². The van der Waals surface area contributed by atoms with Crippen molar-refractivity contribution in [3.8, 4) is 0 Å². The van der Waals surface area contributed by atoms with E-state index in [0.29, 0.717) is 0 Å². The Bertz CT molecular complexity index is 490. The van der Waals surface area contributed by atoms with Crippen LogP contribution in [-0.4, -0.2) is 5.11 Å². The summed E-state index contributed by atoms with van der Waals surface area (Å²) in [5, 5.41) is 10.5. The number of rotatable bonds is 4. The Morgan fingerprint density at radius 1 is 1.22 bits per heavy atom. The van der Waals surface area contributed by atoms with Crippen molar-refractivity contribution in [1.82, 2.24) is 0 Å². The SMILES string of the molecule is CCC(c1ccccc1)C(O)c1cc(Br)c(Br)s1. The molecular weight excluding hydrogens is 376 g/mol. The van der Waals surface area contributed by atoms with Gasteiger partial charge in [-0.25, -0.2) is 0 Å². The van der Waals surface area contributed by atoms with E-state index >= 15 is 0 Å². The third kappa shape index (κ3) is 3.05. The second-order valence-electron chi connectivity index (χ2n) is 4.14. The molecule has 1 heterocycles. The monoisotopic (exact) mass is 388 g/mol. The van der Waals surface area contributed by atoms with Crippen molar-refractivity contribution in [3.05, 3.63) is 55.1 Å². The van der Waals surface area contributed by atoms with Crippen molar-refractivity contribution < 1.29 is 5.11 Å². The van der Waals surface area contributed by atoms with E-state index < -0.39 is 6.10 Å². The first-order valence-corrected chi connectivity index (χ1v) is 8.21. The lowest BCUT2D eigenvalue weighted by molar-refractivity contribution is 0.146. The van der Waals surface area contributed by atoms with Crippen molar-refractivity contribution >= 4 is 43.2 Å². The molecule has 0 aliphatic carbocycles. The van der Waals surface area contributed by atoms with Crippen molar-refractivity contribution in [2.45, 2.75) is 25.4 Å². The van der Waals surface area contributed by atoms with E-state index in [1.165, 1.54) is 5.56 Å². The molecule has 0 aliphatic rings. The number of hydrogen-bond acceptors (Lipinski definition) is 2. The Balaban J connectivity index is 2.28. The lowest BCUT2D eigenvalue weighted by Crippen LogP contribution is -2.08. The highest BCUT2D eigenvalue weighted by atomic mass is 79.9. The Morgan fingerprint density at radius 3 is 2.39 bits per heavy atom. The van der Waals surface area contributed by atoms with E-state index in [0.717, 1.165) is 19.6 Å². The molecule has 0 radical (unpaired) electrons. The largest absolute Gasteiger partial charge is 0.387 e. The number of benzene rings is 1. The molecule has 0 amide bonds. The van der Waals surface area contributed by atoms with Gasteiger partial charge in [-0.1, -0.05) is 37.3 Å². The molecule has 0 fully saturated rings. The van der Waals surface area contributed by atoms with Crippen LogP contribution in [-0.2, 0) is 0 Å². The highest BCUT2D eigenvalue weighted by Crippen LogP contribution is 2.41. The van der Waals surface area contributed by atoms with Gasteiger partial charge in [0.15, 0.2) is 0 Å². The average molecular weight is 390 g/mol. The molecule has 2 unspecified atom stereocenters. The fourth-order valence-corrected chi connectivity index (χ4v) is 4.19. The Labute approximate surface area is 128 Å². The Hall–Kier alpha value is -0.160. The average Bonchev–Trinajstić information content (AvgIpc) is 2.72. The third-order valence-corrected chi connectivity index (χ3v) is 6.33. The summed E-state index contributed by atoms with van der Waals surface area (Å²) in [4.78, 5) is 0.990. The van der Waals surface area contributed by atoms with Gasteiger partial charge in [-0.2, -0.15) is 0 Å². The van der Waals surface area contributed by atoms with Crippen LogP contribution < -0.4 is 0 Å². The molecule has 2 aromatic rings.